The largest absolute Gasteiger partial charge is 0.306 e. The van der Waals surface area contributed by atoms with Crippen LogP contribution in [0.15, 0.2) is 29.3 Å². The Morgan fingerprint density at radius 2 is 2.20 bits per heavy atom. The molecule has 0 aliphatic carbocycles. The minimum Gasteiger partial charge on any atom is -0.306 e. The van der Waals surface area contributed by atoms with Gasteiger partial charge >= 0.3 is 0 Å². The molecule has 1 aliphatic heterocycles. The normalized spacial score (nSPS) is 14.5. The number of pyridine rings is 1. The van der Waals surface area contributed by atoms with Crippen LogP contribution in [0, 0.1) is 0 Å². The number of aromatic nitrogens is 4. The van der Waals surface area contributed by atoms with Crippen molar-refractivity contribution in [2.45, 2.75) is 19.5 Å². The molecule has 25 heavy (non-hydrogen) atoms. The van der Waals surface area contributed by atoms with E-state index in [1.54, 1.807) is 12.4 Å². The zero-order valence-electron chi connectivity index (χ0n) is 13.0. The summed E-state index contributed by atoms with van der Waals surface area (Å²) in [4.78, 5) is 31.2. The summed E-state index contributed by atoms with van der Waals surface area (Å²) in [6, 6.07) is 3.70. The number of halogens is 2. The second kappa shape index (κ2) is 6.84. The van der Waals surface area contributed by atoms with Crippen LogP contribution in [-0.2, 0) is 19.5 Å². The molecule has 0 radical (unpaired) electrons. The third kappa shape index (κ3) is 3.46. The van der Waals surface area contributed by atoms with Gasteiger partial charge < -0.3 is 4.98 Å². The van der Waals surface area contributed by atoms with Crippen LogP contribution in [0.5, 0.6) is 0 Å². The Labute approximate surface area is 157 Å². The van der Waals surface area contributed by atoms with Gasteiger partial charge in [0.05, 0.1) is 16.1 Å². The summed E-state index contributed by atoms with van der Waals surface area (Å²) in [6.45, 7) is 1.94. The molecule has 0 saturated heterocycles. The number of nitrogens with one attached hydrogen (secondary N) is 1. The Morgan fingerprint density at radius 1 is 1.32 bits per heavy atom. The van der Waals surface area contributed by atoms with Crippen LogP contribution in [0.2, 0.25) is 9.62 Å². The van der Waals surface area contributed by atoms with E-state index < -0.39 is 0 Å². The van der Waals surface area contributed by atoms with E-state index in [-0.39, 0.29) is 5.56 Å². The van der Waals surface area contributed by atoms with Crippen molar-refractivity contribution < 1.29 is 0 Å². The lowest BCUT2D eigenvalue weighted by Gasteiger charge is -2.27. The Hall–Kier alpha value is -1.80. The Bertz CT molecular complexity index is 972. The van der Waals surface area contributed by atoms with Gasteiger partial charge in [-0.05, 0) is 12.1 Å². The lowest BCUT2D eigenvalue weighted by molar-refractivity contribution is 0.244. The number of hydrogen-bond acceptors (Lipinski definition) is 6. The molecule has 0 fully saturated rings. The molecular weight excluding hydrogens is 381 g/mol. The molecule has 0 unspecified atom stereocenters. The zero-order chi connectivity index (χ0) is 17.4. The van der Waals surface area contributed by atoms with E-state index >= 15 is 0 Å². The van der Waals surface area contributed by atoms with E-state index in [9.17, 15) is 4.79 Å². The molecule has 0 bridgehead atoms. The van der Waals surface area contributed by atoms with Crippen molar-refractivity contribution >= 4 is 34.5 Å². The van der Waals surface area contributed by atoms with Crippen molar-refractivity contribution in [1.82, 2.24) is 24.8 Å². The van der Waals surface area contributed by atoms with E-state index in [2.05, 4.69) is 24.8 Å². The van der Waals surface area contributed by atoms with E-state index in [0.717, 1.165) is 22.7 Å². The average Bonchev–Trinajstić information content (AvgIpc) is 2.93. The number of aromatic amines is 1. The molecule has 128 valence electrons. The first-order chi connectivity index (χ1) is 12.1. The molecule has 0 aromatic carbocycles. The number of hydrogen-bond donors (Lipinski definition) is 1. The Balaban J connectivity index is 1.59. The van der Waals surface area contributed by atoms with Crippen LogP contribution in [0.3, 0.4) is 0 Å². The zero-order valence-corrected chi connectivity index (χ0v) is 15.3. The Kier molecular flexibility index (Phi) is 4.56. The highest BCUT2D eigenvalue weighted by Gasteiger charge is 2.23. The van der Waals surface area contributed by atoms with Gasteiger partial charge in [-0.1, -0.05) is 23.2 Å². The number of thiazole rings is 1. The fraction of sp³-hybridized carbons (Fsp3) is 0.250. The first-order valence-electron chi connectivity index (χ1n) is 7.65. The number of nitrogens with zero attached hydrogens (tertiary/aromatic N) is 4. The molecule has 4 rings (SSSR count). The maximum Gasteiger partial charge on any atom is 0.255 e. The van der Waals surface area contributed by atoms with E-state index in [1.807, 2.05) is 12.1 Å². The van der Waals surface area contributed by atoms with Crippen molar-refractivity contribution in [1.29, 1.82) is 0 Å². The lowest BCUT2D eigenvalue weighted by Crippen LogP contribution is -2.35. The average molecular weight is 394 g/mol. The van der Waals surface area contributed by atoms with Crippen molar-refractivity contribution in [2.75, 3.05) is 6.54 Å². The maximum atomic E-state index is 12.5. The minimum atomic E-state index is -0.109. The predicted molar refractivity (Wildman–Crippen MR) is 98.0 cm³/mol. The quantitative estimate of drug-likeness (QED) is 0.739. The third-order valence-corrected chi connectivity index (χ3v) is 5.64. The maximum absolute atomic E-state index is 12.5. The van der Waals surface area contributed by atoms with Gasteiger partial charge in [0.2, 0.25) is 0 Å². The van der Waals surface area contributed by atoms with Gasteiger partial charge in [0.15, 0.2) is 4.47 Å². The molecule has 1 aliphatic rings. The molecule has 6 nitrogen and oxygen atoms in total. The first-order valence-corrected chi connectivity index (χ1v) is 9.23. The third-order valence-electron chi connectivity index (χ3n) is 4.07. The molecule has 0 amide bonds. The van der Waals surface area contributed by atoms with Gasteiger partial charge in [-0.3, -0.25) is 14.7 Å². The van der Waals surface area contributed by atoms with Crippen molar-refractivity contribution in [2.24, 2.45) is 0 Å². The van der Waals surface area contributed by atoms with E-state index in [4.69, 9.17) is 23.2 Å². The second-order valence-corrected chi connectivity index (χ2v) is 7.75. The summed E-state index contributed by atoms with van der Waals surface area (Å²) in [7, 11) is 0. The molecule has 9 heteroatoms. The fourth-order valence-corrected chi connectivity index (χ4v) is 4.30. The predicted octanol–water partition coefficient (Wildman–Crippen LogP) is 3.15. The molecule has 3 aromatic heterocycles. The van der Waals surface area contributed by atoms with Gasteiger partial charge in [-0.15, -0.1) is 11.3 Å². The highest BCUT2D eigenvalue weighted by Crippen LogP contribution is 2.29. The summed E-state index contributed by atoms with van der Waals surface area (Å²) in [5, 5.41) is 0.430. The van der Waals surface area contributed by atoms with E-state index in [1.165, 1.54) is 11.3 Å². The summed E-state index contributed by atoms with van der Waals surface area (Å²) in [5.41, 5.74) is 2.23. The number of fused-ring (bicyclic) bond motifs is 1. The molecule has 0 saturated carbocycles. The van der Waals surface area contributed by atoms with Gasteiger partial charge in [-0.25, -0.2) is 9.97 Å². The molecule has 3 aromatic rings. The molecule has 4 heterocycles. The topological polar surface area (TPSA) is 74.8 Å². The van der Waals surface area contributed by atoms with Crippen molar-refractivity contribution in [3.63, 3.8) is 0 Å². The van der Waals surface area contributed by atoms with Gasteiger partial charge in [0.1, 0.15) is 11.0 Å². The smallest absolute Gasteiger partial charge is 0.255 e. The highest BCUT2D eigenvalue weighted by atomic mass is 35.5. The van der Waals surface area contributed by atoms with E-state index in [0.29, 0.717) is 40.5 Å². The monoisotopic (exact) mass is 393 g/mol. The fourth-order valence-electron chi connectivity index (χ4n) is 2.86. The van der Waals surface area contributed by atoms with Gasteiger partial charge in [0.25, 0.3) is 5.56 Å². The molecule has 1 N–H and O–H groups in total. The Morgan fingerprint density at radius 3 is 2.92 bits per heavy atom. The SMILES string of the molecule is O=c1[nH]c(-c2cccnc2)nc2c1CN(Cc1sc(Cl)nc1Cl)CC2. The van der Waals surface area contributed by atoms with Crippen LogP contribution < -0.4 is 5.56 Å². The van der Waals surface area contributed by atoms with Crippen molar-refractivity contribution in [3.05, 3.63) is 60.6 Å². The van der Waals surface area contributed by atoms with Crippen LogP contribution in [0.4, 0.5) is 0 Å². The number of H-pyrrole nitrogens is 1. The minimum absolute atomic E-state index is 0.109. The molecule has 0 atom stereocenters. The summed E-state index contributed by atoms with van der Waals surface area (Å²) in [5.74, 6) is 0.558. The van der Waals surface area contributed by atoms with Crippen LogP contribution in [-0.4, -0.2) is 31.4 Å². The lowest BCUT2D eigenvalue weighted by atomic mass is 10.1. The molecule has 0 spiro atoms. The number of rotatable bonds is 3. The summed E-state index contributed by atoms with van der Waals surface area (Å²) in [6.07, 6.45) is 4.08. The van der Waals surface area contributed by atoms with Crippen LogP contribution in [0.25, 0.3) is 11.4 Å². The summed E-state index contributed by atoms with van der Waals surface area (Å²) >= 11 is 13.4. The van der Waals surface area contributed by atoms with Crippen LogP contribution in [0.1, 0.15) is 16.1 Å². The summed E-state index contributed by atoms with van der Waals surface area (Å²) < 4.78 is 0.429. The van der Waals surface area contributed by atoms with Crippen LogP contribution >= 0.6 is 34.5 Å². The van der Waals surface area contributed by atoms with Gasteiger partial charge in [0, 0.05) is 44.0 Å². The first kappa shape index (κ1) is 16.7. The van der Waals surface area contributed by atoms with Gasteiger partial charge in [-0.2, -0.15) is 0 Å². The second-order valence-electron chi connectivity index (χ2n) is 5.72. The standard InChI is InChI=1S/C16H13Cl2N5OS/c17-13-12(25-16(18)21-13)8-23-5-3-11-10(7-23)15(24)22-14(20-11)9-2-1-4-19-6-9/h1-2,4,6H,3,5,7-8H2,(H,20,22,24). The highest BCUT2D eigenvalue weighted by molar-refractivity contribution is 7.16. The van der Waals surface area contributed by atoms with Crippen molar-refractivity contribution in [3.8, 4) is 11.4 Å². The molecular formula is C16H13Cl2N5OS.